The highest BCUT2D eigenvalue weighted by atomic mass is 15.1. The van der Waals surface area contributed by atoms with E-state index in [-0.39, 0.29) is 5.41 Å². The second-order valence-electron chi connectivity index (χ2n) is 7.85. The lowest BCUT2D eigenvalue weighted by molar-refractivity contribution is 0.759. The molecule has 0 saturated heterocycles. The zero-order valence-corrected chi connectivity index (χ0v) is 16.6. The molecule has 2 aliphatic rings. The highest BCUT2D eigenvalue weighted by Crippen LogP contribution is 2.34. The Kier molecular flexibility index (Phi) is 4.40. The number of hydrogen-bond acceptors (Lipinski definition) is 1. The van der Waals surface area contributed by atoms with Crippen LogP contribution < -0.4 is 0 Å². The first-order valence-corrected chi connectivity index (χ1v) is 10.2. The third-order valence-electron chi connectivity index (χ3n) is 5.82. The molecule has 0 aliphatic heterocycles. The minimum absolute atomic E-state index is 0.136. The Morgan fingerprint density at radius 1 is 0.897 bits per heavy atom. The summed E-state index contributed by atoms with van der Waals surface area (Å²) in [4.78, 5) is 5.02. The van der Waals surface area contributed by atoms with Crippen LogP contribution in [0.4, 0.5) is 0 Å². The Morgan fingerprint density at radius 3 is 2.55 bits per heavy atom. The van der Waals surface area contributed by atoms with Crippen LogP contribution in [-0.4, -0.2) is 9.55 Å². The van der Waals surface area contributed by atoms with E-state index in [1.54, 1.807) is 0 Å². The molecular formula is C27H24N2. The first-order chi connectivity index (χ1) is 14.2. The molecule has 1 aromatic heterocycles. The number of fused-ring (bicyclic) bond motifs is 1. The summed E-state index contributed by atoms with van der Waals surface area (Å²) in [5, 5.41) is 0. The lowest BCUT2D eigenvalue weighted by atomic mass is 9.82. The van der Waals surface area contributed by atoms with Crippen molar-refractivity contribution in [3.63, 3.8) is 0 Å². The van der Waals surface area contributed by atoms with Gasteiger partial charge in [0.1, 0.15) is 5.82 Å². The second-order valence-corrected chi connectivity index (χ2v) is 7.85. The van der Waals surface area contributed by atoms with Gasteiger partial charge in [-0.15, -0.1) is 0 Å². The Bertz CT molecular complexity index is 1200. The van der Waals surface area contributed by atoms with E-state index in [1.807, 2.05) is 0 Å². The fourth-order valence-corrected chi connectivity index (χ4v) is 4.15. The third kappa shape index (κ3) is 3.21. The zero-order chi connectivity index (χ0) is 19.7. The smallest absolute Gasteiger partial charge is 0.145 e. The minimum Gasteiger partial charge on any atom is -0.296 e. The van der Waals surface area contributed by atoms with E-state index in [4.69, 9.17) is 4.98 Å². The summed E-state index contributed by atoms with van der Waals surface area (Å²) < 4.78 is 2.33. The molecule has 5 rings (SSSR count). The average molecular weight is 377 g/mol. The molecule has 2 heteroatoms. The van der Waals surface area contributed by atoms with Gasteiger partial charge in [0.2, 0.25) is 0 Å². The van der Waals surface area contributed by atoms with E-state index in [2.05, 4.69) is 115 Å². The van der Waals surface area contributed by atoms with Crippen molar-refractivity contribution in [2.45, 2.75) is 25.2 Å². The number of para-hydroxylation sites is 2. The van der Waals surface area contributed by atoms with Gasteiger partial charge in [-0.1, -0.05) is 85.0 Å². The summed E-state index contributed by atoms with van der Waals surface area (Å²) in [6.45, 7) is 2.25. The monoisotopic (exact) mass is 376 g/mol. The SMILES string of the molecule is CC1(c2ccccc2)C=CC=C(c2nc3ccccc3n2C2=CC=CCC2)C=C1. The van der Waals surface area contributed by atoms with Gasteiger partial charge in [-0.05, 0) is 43.5 Å². The van der Waals surface area contributed by atoms with Gasteiger partial charge in [0.25, 0.3) is 0 Å². The summed E-state index contributed by atoms with van der Waals surface area (Å²) >= 11 is 0. The number of aromatic nitrogens is 2. The first-order valence-electron chi connectivity index (χ1n) is 10.2. The van der Waals surface area contributed by atoms with Gasteiger partial charge in [-0.25, -0.2) is 4.98 Å². The van der Waals surface area contributed by atoms with Crippen molar-refractivity contribution in [2.24, 2.45) is 0 Å². The molecule has 0 bridgehead atoms. The predicted octanol–water partition coefficient (Wildman–Crippen LogP) is 6.69. The molecule has 0 N–H and O–H groups in total. The largest absolute Gasteiger partial charge is 0.296 e. The summed E-state index contributed by atoms with van der Waals surface area (Å²) in [6, 6.07) is 19.1. The van der Waals surface area contributed by atoms with Crippen LogP contribution >= 0.6 is 0 Å². The maximum atomic E-state index is 5.02. The molecule has 0 saturated carbocycles. The molecule has 142 valence electrons. The maximum absolute atomic E-state index is 5.02. The van der Waals surface area contributed by atoms with Gasteiger partial charge in [0.05, 0.1) is 11.0 Å². The van der Waals surface area contributed by atoms with E-state index >= 15 is 0 Å². The molecule has 0 fully saturated rings. The van der Waals surface area contributed by atoms with Gasteiger partial charge in [-0.2, -0.15) is 0 Å². The molecule has 2 aliphatic carbocycles. The molecule has 29 heavy (non-hydrogen) atoms. The van der Waals surface area contributed by atoms with Crippen molar-refractivity contribution >= 4 is 22.3 Å². The number of imidazole rings is 1. The van der Waals surface area contributed by atoms with Crippen LogP contribution in [0.5, 0.6) is 0 Å². The predicted molar refractivity (Wildman–Crippen MR) is 122 cm³/mol. The van der Waals surface area contributed by atoms with Crippen molar-refractivity contribution in [3.8, 4) is 0 Å². The van der Waals surface area contributed by atoms with Crippen LogP contribution in [0, 0.1) is 0 Å². The Morgan fingerprint density at radius 2 is 1.72 bits per heavy atom. The molecule has 1 heterocycles. The van der Waals surface area contributed by atoms with E-state index in [0.29, 0.717) is 0 Å². The minimum atomic E-state index is -0.136. The number of rotatable bonds is 3. The van der Waals surface area contributed by atoms with Crippen LogP contribution in [0.2, 0.25) is 0 Å². The Balaban J connectivity index is 1.63. The molecule has 0 amide bonds. The van der Waals surface area contributed by atoms with Crippen molar-refractivity contribution < 1.29 is 0 Å². The number of benzene rings is 2. The quantitative estimate of drug-likeness (QED) is 0.498. The fourth-order valence-electron chi connectivity index (χ4n) is 4.15. The van der Waals surface area contributed by atoms with E-state index in [9.17, 15) is 0 Å². The lowest BCUT2D eigenvalue weighted by Gasteiger charge is -2.22. The van der Waals surface area contributed by atoms with Crippen LogP contribution in [-0.2, 0) is 5.41 Å². The number of hydrogen-bond donors (Lipinski definition) is 0. The Labute approximate surface area is 171 Å². The molecule has 1 unspecified atom stereocenters. The lowest BCUT2D eigenvalue weighted by Crippen LogP contribution is -2.14. The van der Waals surface area contributed by atoms with Gasteiger partial charge in [0.15, 0.2) is 0 Å². The van der Waals surface area contributed by atoms with Gasteiger partial charge in [0, 0.05) is 16.7 Å². The molecule has 2 aromatic carbocycles. The zero-order valence-electron chi connectivity index (χ0n) is 16.6. The van der Waals surface area contributed by atoms with E-state index in [1.165, 1.54) is 11.3 Å². The van der Waals surface area contributed by atoms with Crippen molar-refractivity contribution in [2.75, 3.05) is 0 Å². The second kappa shape index (κ2) is 7.21. The molecule has 2 nitrogen and oxygen atoms in total. The van der Waals surface area contributed by atoms with Gasteiger partial charge < -0.3 is 0 Å². The molecular weight excluding hydrogens is 352 g/mol. The third-order valence-corrected chi connectivity index (χ3v) is 5.82. The van der Waals surface area contributed by atoms with Crippen LogP contribution in [0.15, 0.2) is 103 Å². The van der Waals surface area contributed by atoms with Crippen molar-refractivity contribution in [3.05, 3.63) is 115 Å². The van der Waals surface area contributed by atoms with Crippen molar-refractivity contribution in [1.82, 2.24) is 9.55 Å². The summed E-state index contributed by atoms with van der Waals surface area (Å²) in [5.74, 6) is 1.01. The summed E-state index contributed by atoms with van der Waals surface area (Å²) in [7, 11) is 0. The number of allylic oxidation sites excluding steroid dienone is 10. The maximum Gasteiger partial charge on any atom is 0.145 e. The number of nitrogens with zero attached hydrogens (tertiary/aromatic N) is 2. The van der Waals surface area contributed by atoms with Crippen LogP contribution in [0.3, 0.4) is 0 Å². The molecule has 0 radical (unpaired) electrons. The summed E-state index contributed by atoms with van der Waals surface area (Å²) in [5.41, 5.74) is 5.78. The summed E-state index contributed by atoms with van der Waals surface area (Å²) in [6.07, 6.45) is 19.8. The van der Waals surface area contributed by atoms with Crippen molar-refractivity contribution in [1.29, 1.82) is 0 Å². The first kappa shape index (κ1) is 17.7. The topological polar surface area (TPSA) is 17.8 Å². The van der Waals surface area contributed by atoms with Crippen LogP contribution in [0.1, 0.15) is 31.2 Å². The highest BCUT2D eigenvalue weighted by Gasteiger charge is 2.23. The fraction of sp³-hybridized carbons (Fsp3) is 0.148. The van der Waals surface area contributed by atoms with Gasteiger partial charge >= 0.3 is 0 Å². The Hall–Kier alpha value is -3.39. The highest BCUT2D eigenvalue weighted by molar-refractivity contribution is 5.87. The van der Waals surface area contributed by atoms with E-state index in [0.717, 1.165) is 35.3 Å². The molecule has 1 atom stereocenters. The van der Waals surface area contributed by atoms with Crippen LogP contribution in [0.25, 0.3) is 22.3 Å². The normalized spacial score (nSPS) is 21.1. The molecule has 0 spiro atoms. The van der Waals surface area contributed by atoms with Gasteiger partial charge in [-0.3, -0.25) is 4.57 Å². The van der Waals surface area contributed by atoms with E-state index < -0.39 is 0 Å². The average Bonchev–Trinajstić information content (AvgIpc) is 3.05. The standard InChI is InChI=1S/C27H24N2/c1-27(22-12-4-2-5-13-22)19-10-11-21(18-20-27)26-28-24-16-8-9-17-25(24)29(26)23-14-6-3-7-15-23/h2-6,8-14,16-20H,7,15H2,1H3. The molecule has 3 aromatic rings.